The van der Waals surface area contributed by atoms with Gasteiger partial charge in [0.05, 0.1) is 0 Å². The highest BCUT2D eigenvalue weighted by atomic mass is 16.5. The van der Waals surface area contributed by atoms with Crippen molar-refractivity contribution in [2.24, 2.45) is 5.92 Å². The Labute approximate surface area is 160 Å². The molecule has 6 nitrogen and oxygen atoms in total. The van der Waals surface area contributed by atoms with Crippen molar-refractivity contribution in [2.45, 2.75) is 59.6 Å². The number of carbonyl (C=O) groups is 2. The molecule has 0 spiro atoms. The molecule has 0 radical (unpaired) electrons. The Bertz CT molecular complexity index is 785. The van der Waals surface area contributed by atoms with Gasteiger partial charge in [0.15, 0.2) is 0 Å². The van der Waals surface area contributed by atoms with Crippen molar-refractivity contribution in [2.75, 3.05) is 0 Å². The number of nitrogens with zero attached hydrogens (tertiary/aromatic N) is 1. The molecular formula is C21H28N2O4. The van der Waals surface area contributed by atoms with Crippen molar-refractivity contribution < 1.29 is 18.8 Å². The van der Waals surface area contributed by atoms with Gasteiger partial charge in [-0.3, -0.25) is 4.79 Å². The maximum atomic E-state index is 12.6. The molecule has 0 unspecified atom stereocenters. The van der Waals surface area contributed by atoms with Gasteiger partial charge in [0, 0.05) is 11.6 Å². The zero-order valence-corrected chi connectivity index (χ0v) is 16.8. The van der Waals surface area contributed by atoms with Gasteiger partial charge >= 0.3 is 5.97 Å². The van der Waals surface area contributed by atoms with Crippen molar-refractivity contribution >= 4 is 11.9 Å². The Morgan fingerprint density at radius 3 is 2.30 bits per heavy atom. The van der Waals surface area contributed by atoms with E-state index in [2.05, 4.69) is 31.2 Å². The lowest BCUT2D eigenvalue weighted by Gasteiger charge is -2.21. The number of hydrogen-bond donors (Lipinski definition) is 1. The van der Waals surface area contributed by atoms with Crippen LogP contribution in [0.15, 0.2) is 34.9 Å². The number of ether oxygens (including phenoxy) is 1. The van der Waals surface area contributed by atoms with Gasteiger partial charge in [0.1, 0.15) is 24.1 Å². The van der Waals surface area contributed by atoms with E-state index < -0.39 is 12.0 Å². The molecule has 0 saturated carbocycles. The molecule has 1 aromatic carbocycles. The molecule has 1 atom stereocenters. The van der Waals surface area contributed by atoms with Crippen LogP contribution < -0.4 is 5.32 Å². The molecule has 0 aliphatic heterocycles. The van der Waals surface area contributed by atoms with Crippen LogP contribution in [0.4, 0.5) is 0 Å². The molecule has 27 heavy (non-hydrogen) atoms. The minimum absolute atomic E-state index is 0.00947. The topological polar surface area (TPSA) is 81.4 Å². The van der Waals surface area contributed by atoms with Crippen LogP contribution in [0, 0.1) is 12.8 Å². The zero-order valence-electron chi connectivity index (χ0n) is 16.8. The van der Waals surface area contributed by atoms with E-state index in [4.69, 9.17) is 9.26 Å². The fourth-order valence-corrected chi connectivity index (χ4v) is 2.56. The monoisotopic (exact) mass is 372 g/mol. The van der Waals surface area contributed by atoms with Gasteiger partial charge in [0.2, 0.25) is 0 Å². The molecule has 0 fully saturated rings. The number of amides is 1. The number of aryl methyl sites for hydroxylation is 1. The number of benzene rings is 1. The second-order valence-corrected chi connectivity index (χ2v) is 8.06. The van der Waals surface area contributed by atoms with Gasteiger partial charge in [-0.2, -0.15) is 0 Å². The summed E-state index contributed by atoms with van der Waals surface area (Å²) in [6.45, 7) is 11.8. The lowest BCUT2D eigenvalue weighted by atomic mass is 9.86. The van der Waals surface area contributed by atoms with Gasteiger partial charge in [-0.25, -0.2) is 4.79 Å². The van der Waals surface area contributed by atoms with Crippen molar-refractivity contribution in [3.05, 3.63) is 52.9 Å². The van der Waals surface area contributed by atoms with Crippen molar-refractivity contribution in [1.82, 2.24) is 10.5 Å². The number of hydrogen-bond acceptors (Lipinski definition) is 5. The summed E-state index contributed by atoms with van der Waals surface area (Å²) in [5, 5.41) is 6.56. The number of carbonyl (C=O) groups excluding carboxylic acids is 2. The zero-order chi connectivity index (χ0) is 20.2. The second kappa shape index (κ2) is 8.37. The van der Waals surface area contributed by atoms with Crippen LogP contribution in [0.1, 0.15) is 62.0 Å². The fourth-order valence-electron chi connectivity index (χ4n) is 2.56. The Morgan fingerprint density at radius 2 is 1.81 bits per heavy atom. The standard InChI is InChI=1S/C21H28N2O4/c1-13(2)18(20(25)26-12-17-11-14(3)27-23-17)22-19(24)15-7-9-16(10-8-15)21(4,5)6/h7-11,13,18H,12H2,1-6H3,(H,22,24)/t18-/m0/s1. The number of esters is 1. The highest BCUT2D eigenvalue weighted by molar-refractivity contribution is 5.96. The first kappa shape index (κ1) is 20.7. The number of rotatable bonds is 6. The average Bonchev–Trinajstić information content (AvgIpc) is 3.01. The maximum Gasteiger partial charge on any atom is 0.329 e. The van der Waals surface area contributed by atoms with E-state index >= 15 is 0 Å². The summed E-state index contributed by atoms with van der Waals surface area (Å²) >= 11 is 0. The third-order valence-electron chi connectivity index (χ3n) is 4.26. The largest absolute Gasteiger partial charge is 0.458 e. The van der Waals surface area contributed by atoms with Crippen molar-refractivity contribution in [3.8, 4) is 0 Å². The van der Waals surface area contributed by atoms with Gasteiger partial charge in [-0.15, -0.1) is 0 Å². The molecule has 1 amide bonds. The lowest BCUT2D eigenvalue weighted by Crippen LogP contribution is -2.45. The van der Waals surface area contributed by atoms with E-state index in [0.29, 0.717) is 17.0 Å². The van der Waals surface area contributed by atoms with E-state index in [9.17, 15) is 9.59 Å². The maximum absolute atomic E-state index is 12.6. The van der Waals surface area contributed by atoms with Crippen LogP contribution in [0.3, 0.4) is 0 Å². The van der Waals surface area contributed by atoms with Gasteiger partial charge in [-0.05, 0) is 36.0 Å². The van der Waals surface area contributed by atoms with E-state index in [1.165, 1.54) is 0 Å². The fraction of sp³-hybridized carbons (Fsp3) is 0.476. The van der Waals surface area contributed by atoms with Gasteiger partial charge in [-0.1, -0.05) is 51.9 Å². The summed E-state index contributed by atoms with van der Waals surface area (Å²) in [4.78, 5) is 25.0. The predicted molar refractivity (Wildman–Crippen MR) is 102 cm³/mol. The second-order valence-electron chi connectivity index (χ2n) is 8.06. The summed E-state index contributed by atoms with van der Waals surface area (Å²) in [6.07, 6.45) is 0. The van der Waals surface area contributed by atoms with Crippen LogP contribution in [0.2, 0.25) is 0 Å². The molecule has 0 saturated heterocycles. The smallest absolute Gasteiger partial charge is 0.329 e. The highest BCUT2D eigenvalue weighted by Gasteiger charge is 2.26. The van der Waals surface area contributed by atoms with Crippen molar-refractivity contribution in [3.63, 3.8) is 0 Å². The van der Waals surface area contributed by atoms with E-state index in [0.717, 1.165) is 5.56 Å². The molecule has 1 N–H and O–H groups in total. The molecule has 0 bridgehead atoms. The molecule has 146 valence electrons. The molecule has 2 aromatic rings. The molecule has 1 heterocycles. The Morgan fingerprint density at radius 1 is 1.19 bits per heavy atom. The highest BCUT2D eigenvalue weighted by Crippen LogP contribution is 2.22. The summed E-state index contributed by atoms with van der Waals surface area (Å²) in [5.41, 5.74) is 2.20. The van der Waals surface area contributed by atoms with Gasteiger partial charge < -0.3 is 14.6 Å². The third-order valence-corrected chi connectivity index (χ3v) is 4.26. The Kier molecular flexibility index (Phi) is 6.41. The van der Waals surface area contributed by atoms with E-state index in [1.807, 2.05) is 26.0 Å². The number of nitrogens with one attached hydrogen (secondary N) is 1. The first-order valence-corrected chi connectivity index (χ1v) is 9.08. The van der Waals surface area contributed by atoms with Gasteiger partial charge in [0.25, 0.3) is 5.91 Å². The SMILES string of the molecule is Cc1cc(COC(=O)[C@@H](NC(=O)c2ccc(C(C)(C)C)cc2)C(C)C)no1. The Balaban J connectivity index is 2.01. The van der Waals surface area contributed by atoms with Crippen molar-refractivity contribution in [1.29, 1.82) is 0 Å². The lowest BCUT2D eigenvalue weighted by molar-refractivity contribution is -0.148. The Hall–Kier alpha value is -2.63. The van der Waals surface area contributed by atoms with Crippen LogP contribution in [-0.4, -0.2) is 23.1 Å². The quantitative estimate of drug-likeness (QED) is 0.781. The van der Waals surface area contributed by atoms with E-state index in [1.54, 1.807) is 25.1 Å². The third kappa shape index (κ3) is 5.67. The normalized spacial score (nSPS) is 12.7. The van der Waals surface area contributed by atoms with E-state index in [-0.39, 0.29) is 23.8 Å². The minimum Gasteiger partial charge on any atom is -0.458 e. The first-order valence-electron chi connectivity index (χ1n) is 9.08. The molecule has 0 aliphatic rings. The van der Waals surface area contributed by atoms with Crippen LogP contribution in [0.25, 0.3) is 0 Å². The molecule has 0 aliphatic carbocycles. The molecule has 2 rings (SSSR count). The summed E-state index contributed by atoms with van der Waals surface area (Å²) in [5.74, 6) is -0.267. The first-order chi connectivity index (χ1) is 12.6. The van der Waals surface area contributed by atoms with Crippen LogP contribution in [-0.2, 0) is 21.6 Å². The molecular weight excluding hydrogens is 344 g/mol. The summed E-state index contributed by atoms with van der Waals surface area (Å²) in [6, 6.07) is 8.38. The predicted octanol–water partition coefficient (Wildman–Crippen LogP) is 3.78. The minimum atomic E-state index is -0.743. The molecule has 1 aromatic heterocycles. The average molecular weight is 372 g/mol. The van der Waals surface area contributed by atoms with Crippen LogP contribution >= 0.6 is 0 Å². The summed E-state index contributed by atoms with van der Waals surface area (Å²) < 4.78 is 10.2. The molecule has 6 heteroatoms. The number of aromatic nitrogens is 1. The summed E-state index contributed by atoms with van der Waals surface area (Å²) in [7, 11) is 0. The van der Waals surface area contributed by atoms with Crippen LogP contribution in [0.5, 0.6) is 0 Å².